The summed E-state index contributed by atoms with van der Waals surface area (Å²) in [4.78, 5) is 1.42. The zero-order valence-electron chi connectivity index (χ0n) is 7.28. The van der Waals surface area contributed by atoms with Crippen LogP contribution in [0.3, 0.4) is 0 Å². The highest BCUT2D eigenvalue weighted by molar-refractivity contribution is 8.00. The Balaban J connectivity index is 1.94. The van der Waals surface area contributed by atoms with Crippen molar-refractivity contribution >= 4 is 28.2 Å². The van der Waals surface area contributed by atoms with Crippen LogP contribution in [-0.4, -0.2) is 30.4 Å². The van der Waals surface area contributed by atoms with Crippen LogP contribution in [0, 0.1) is 0 Å². The van der Waals surface area contributed by atoms with Crippen LogP contribution < -0.4 is 5.73 Å². The van der Waals surface area contributed by atoms with Crippen molar-refractivity contribution in [2.24, 2.45) is 7.05 Å². The lowest BCUT2D eigenvalue weighted by atomic mass is 10.8. The van der Waals surface area contributed by atoms with Crippen molar-refractivity contribution in [1.82, 2.24) is 30.4 Å². The van der Waals surface area contributed by atoms with Gasteiger partial charge in [-0.2, -0.15) is 4.80 Å². The molecule has 0 radical (unpaired) electrons. The predicted molar refractivity (Wildman–Crippen MR) is 52.7 cm³/mol. The number of rotatable bonds is 3. The number of aromatic nitrogens is 6. The zero-order valence-corrected chi connectivity index (χ0v) is 8.92. The van der Waals surface area contributed by atoms with Gasteiger partial charge in [0.2, 0.25) is 5.13 Å². The maximum atomic E-state index is 5.44. The number of thioether (sulfide) groups is 1. The van der Waals surface area contributed by atoms with E-state index in [1.165, 1.54) is 27.9 Å². The molecule has 2 aromatic rings. The molecule has 0 aliphatic carbocycles. The maximum absolute atomic E-state index is 5.44. The highest BCUT2D eigenvalue weighted by Crippen LogP contribution is 2.25. The van der Waals surface area contributed by atoms with Crippen LogP contribution in [0.15, 0.2) is 4.34 Å². The summed E-state index contributed by atoms with van der Waals surface area (Å²) in [5.74, 6) is 1.30. The Labute approximate surface area is 87.7 Å². The Kier molecular flexibility index (Phi) is 2.59. The lowest BCUT2D eigenvalue weighted by molar-refractivity contribution is 0.628. The van der Waals surface area contributed by atoms with Crippen LogP contribution in [0.25, 0.3) is 0 Å². The molecule has 0 saturated heterocycles. The van der Waals surface area contributed by atoms with Gasteiger partial charge in [0.15, 0.2) is 10.2 Å². The van der Waals surface area contributed by atoms with Gasteiger partial charge in [-0.05, 0) is 5.21 Å². The average Bonchev–Trinajstić information content (AvgIpc) is 2.72. The van der Waals surface area contributed by atoms with Gasteiger partial charge in [-0.3, -0.25) is 0 Å². The second-order valence-corrected chi connectivity index (χ2v) is 4.62. The fourth-order valence-corrected chi connectivity index (χ4v) is 2.26. The predicted octanol–water partition coefficient (Wildman–Crippen LogP) is -0.0639. The van der Waals surface area contributed by atoms with Crippen molar-refractivity contribution in [3.8, 4) is 0 Å². The normalized spacial score (nSPS) is 10.6. The van der Waals surface area contributed by atoms with E-state index >= 15 is 0 Å². The molecule has 2 N–H and O–H groups in total. The molecule has 74 valence electrons. The molecule has 2 rings (SSSR count). The van der Waals surface area contributed by atoms with Crippen LogP contribution >= 0.6 is 23.1 Å². The molecule has 0 bridgehead atoms. The third kappa shape index (κ3) is 2.17. The molecule has 2 heterocycles. The first-order valence-corrected chi connectivity index (χ1v) is 5.49. The number of nitrogen functional groups attached to an aromatic ring is 1. The van der Waals surface area contributed by atoms with Gasteiger partial charge < -0.3 is 5.73 Å². The van der Waals surface area contributed by atoms with E-state index in [1.54, 1.807) is 7.05 Å². The van der Waals surface area contributed by atoms with Crippen LogP contribution in [0.5, 0.6) is 0 Å². The van der Waals surface area contributed by atoms with Crippen LogP contribution in [0.1, 0.15) is 5.82 Å². The third-order valence-corrected chi connectivity index (χ3v) is 3.18. The Morgan fingerprint density at radius 2 is 2.29 bits per heavy atom. The molecule has 0 aliphatic heterocycles. The van der Waals surface area contributed by atoms with Crippen molar-refractivity contribution in [1.29, 1.82) is 0 Å². The van der Waals surface area contributed by atoms with Crippen LogP contribution in [0.2, 0.25) is 0 Å². The number of tetrazole rings is 1. The average molecular weight is 229 g/mol. The minimum absolute atomic E-state index is 0.472. The van der Waals surface area contributed by atoms with Gasteiger partial charge in [-0.15, -0.1) is 20.4 Å². The largest absolute Gasteiger partial charge is 0.374 e. The lowest BCUT2D eigenvalue weighted by Gasteiger charge is -1.88. The smallest absolute Gasteiger partial charge is 0.203 e. The van der Waals surface area contributed by atoms with Crippen molar-refractivity contribution in [3.05, 3.63) is 5.82 Å². The van der Waals surface area contributed by atoms with Crippen molar-refractivity contribution < 1.29 is 0 Å². The van der Waals surface area contributed by atoms with E-state index in [0.717, 1.165) is 4.34 Å². The molecule has 14 heavy (non-hydrogen) atoms. The number of hydrogen-bond acceptors (Lipinski definition) is 8. The molecule has 0 amide bonds. The van der Waals surface area contributed by atoms with Gasteiger partial charge in [0, 0.05) is 0 Å². The summed E-state index contributed by atoms with van der Waals surface area (Å²) in [5.41, 5.74) is 5.44. The second-order valence-electron chi connectivity index (χ2n) is 2.39. The lowest BCUT2D eigenvalue weighted by Crippen LogP contribution is -1.92. The van der Waals surface area contributed by atoms with Gasteiger partial charge in [0.1, 0.15) is 0 Å². The molecule has 0 fully saturated rings. The molecule has 0 aromatic carbocycles. The molecule has 0 unspecified atom stereocenters. The minimum Gasteiger partial charge on any atom is -0.374 e. The van der Waals surface area contributed by atoms with E-state index in [0.29, 0.717) is 16.7 Å². The minimum atomic E-state index is 0.472. The topological polar surface area (TPSA) is 95.4 Å². The number of nitrogens with two attached hydrogens (primary N) is 1. The molecule has 0 spiro atoms. The first kappa shape index (κ1) is 9.34. The third-order valence-electron chi connectivity index (χ3n) is 1.30. The summed E-state index contributed by atoms with van der Waals surface area (Å²) in [5, 5.41) is 19.6. The molecule has 9 heteroatoms. The van der Waals surface area contributed by atoms with E-state index in [2.05, 4.69) is 25.6 Å². The SMILES string of the molecule is Cn1nnc(CSc2nnc(N)s2)n1. The first-order chi connectivity index (χ1) is 6.74. The Hall–Kier alpha value is -1.22. The highest BCUT2D eigenvalue weighted by Gasteiger charge is 2.05. The van der Waals surface area contributed by atoms with Gasteiger partial charge >= 0.3 is 0 Å². The number of nitrogens with zero attached hydrogens (tertiary/aromatic N) is 6. The summed E-state index contributed by atoms with van der Waals surface area (Å²) in [6.07, 6.45) is 0. The van der Waals surface area contributed by atoms with E-state index in [9.17, 15) is 0 Å². The monoisotopic (exact) mass is 229 g/mol. The summed E-state index contributed by atoms with van der Waals surface area (Å²) in [7, 11) is 1.73. The Morgan fingerprint density at radius 1 is 1.43 bits per heavy atom. The van der Waals surface area contributed by atoms with Gasteiger partial charge in [-0.25, -0.2) is 0 Å². The van der Waals surface area contributed by atoms with Crippen molar-refractivity contribution in [2.75, 3.05) is 5.73 Å². The Morgan fingerprint density at radius 3 is 2.86 bits per heavy atom. The maximum Gasteiger partial charge on any atom is 0.203 e. The summed E-state index contributed by atoms with van der Waals surface area (Å²) in [6, 6.07) is 0. The van der Waals surface area contributed by atoms with Gasteiger partial charge in [0.25, 0.3) is 0 Å². The fourth-order valence-electron chi connectivity index (χ4n) is 0.786. The molecule has 0 atom stereocenters. The molecule has 7 nitrogen and oxygen atoms in total. The van der Waals surface area contributed by atoms with Crippen molar-refractivity contribution in [3.63, 3.8) is 0 Å². The van der Waals surface area contributed by atoms with Crippen LogP contribution in [-0.2, 0) is 12.8 Å². The summed E-state index contributed by atoms with van der Waals surface area (Å²) < 4.78 is 0.815. The highest BCUT2D eigenvalue weighted by atomic mass is 32.2. The number of anilines is 1. The van der Waals surface area contributed by atoms with E-state index < -0.39 is 0 Å². The van der Waals surface area contributed by atoms with E-state index in [1.807, 2.05) is 0 Å². The Bertz CT molecular complexity index is 381. The van der Waals surface area contributed by atoms with Crippen molar-refractivity contribution in [2.45, 2.75) is 10.1 Å². The summed E-state index contributed by atoms with van der Waals surface area (Å²) >= 11 is 2.84. The second kappa shape index (κ2) is 3.88. The summed E-state index contributed by atoms with van der Waals surface area (Å²) in [6.45, 7) is 0. The molecular weight excluding hydrogens is 222 g/mol. The zero-order chi connectivity index (χ0) is 9.97. The quantitative estimate of drug-likeness (QED) is 0.736. The number of hydrogen-bond donors (Lipinski definition) is 1. The van der Waals surface area contributed by atoms with Gasteiger partial charge in [-0.1, -0.05) is 23.1 Å². The standard InChI is InChI=1S/C5H7N7S2/c1-12-10-3(7-11-12)2-13-5-9-8-4(6)14-5/h2H2,1H3,(H2,6,8). The fraction of sp³-hybridized carbons (Fsp3) is 0.400. The molecule has 0 aliphatic rings. The first-order valence-electron chi connectivity index (χ1n) is 3.68. The van der Waals surface area contributed by atoms with Gasteiger partial charge in [0.05, 0.1) is 12.8 Å². The van der Waals surface area contributed by atoms with E-state index in [-0.39, 0.29) is 0 Å². The van der Waals surface area contributed by atoms with E-state index in [4.69, 9.17) is 5.73 Å². The number of aryl methyl sites for hydroxylation is 1. The van der Waals surface area contributed by atoms with Crippen LogP contribution in [0.4, 0.5) is 5.13 Å². The molecular formula is C5H7N7S2. The molecule has 2 aromatic heterocycles. The molecule has 0 saturated carbocycles.